The van der Waals surface area contributed by atoms with Gasteiger partial charge in [0.2, 0.25) is 0 Å². The zero-order valence-electron chi connectivity index (χ0n) is 14.0. The van der Waals surface area contributed by atoms with Crippen LogP contribution < -0.4 is 5.32 Å². The lowest BCUT2D eigenvalue weighted by atomic mass is 10.2. The molecule has 0 unspecified atom stereocenters. The Morgan fingerprint density at radius 1 is 1.18 bits per heavy atom. The van der Waals surface area contributed by atoms with E-state index in [0.29, 0.717) is 5.75 Å². The van der Waals surface area contributed by atoms with Gasteiger partial charge in [-0.3, -0.25) is 0 Å². The average Bonchev–Trinajstić information content (AvgIpc) is 2.42. The molecule has 0 aliphatic heterocycles. The monoisotopic (exact) mass is 335 g/mol. The highest BCUT2D eigenvalue weighted by Gasteiger charge is 2.24. The number of unbranched alkanes of at least 4 members (excludes halogenated alkanes) is 3. The Bertz CT molecular complexity index is 330. The fourth-order valence-electron chi connectivity index (χ4n) is 1.63. The normalized spacial score (nSPS) is 12.6. The molecule has 0 aromatic heterocycles. The van der Waals surface area contributed by atoms with E-state index in [4.69, 9.17) is 14.6 Å². The second-order valence-electron chi connectivity index (χ2n) is 5.93. The van der Waals surface area contributed by atoms with Crippen LogP contribution in [0.3, 0.4) is 0 Å². The lowest BCUT2D eigenvalue weighted by Gasteiger charge is -2.22. The van der Waals surface area contributed by atoms with Crippen LogP contribution in [0.15, 0.2) is 0 Å². The Kier molecular flexibility index (Phi) is 11.1. The number of ether oxygens (including phenoxy) is 2. The van der Waals surface area contributed by atoms with Gasteiger partial charge in [0.05, 0.1) is 7.11 Å². The van der Waals surface area contributed by atoms with Gasteiger partial charge in [0.1, 0.15) is 11.6 Å². The third-order valence-corrected chi connectivity index (χ3v) is 3.80. The van der Waals surface area contributed by atoms with Crippen molar-refractivity contribution in [2.75, 3.05) is 25.2 Å². The molecule has 0 radical (unpaired) electrons. The van der Waals surface area contributed by atoms with E-state index >= 15 is 0 Å². The molecule has 0 spiro atoms. The molecule has 6 nitrogen and oxygen atoms in total. The van der Waals surface area contributed by atoms with Crippen molar-refractivity contribution >= 4 is 23.8 Å². The zero-order chi connectivity index (χ0) is 17.0. The van der Waals surface area contributed by atoms with Crippen LogP contribution >= 0.6 is 11.8 Å². The molecule has 7 heteroatoms. The summed E-state index contributed by atoms with van der Waals surface area (Å²) in [5.74, 6) is 0.875. The van der Waals surface area contributed by atoms with Crippen LogP contribution in [0.5, 0.6) is 0 Å². The van der Waals surface area contributed by atoms with Gasteiger partial charge >= 0.3 is 12.1 Å². The fourth-order valence-corrected chi connectivity index (χ4v) is 2.66. The van der Waals surface area contributed by atoms with Crippen LogP contribution in [0.4, 0.5) is 4.79 Å². The summed E-state index contributed by atoms with van der Waals surface area (Å²) in [6.45, 7) is 5.53. The first kappa shape index (κ1) is 21.0. The minimum atomic E-state index is -0.706. The third kappa shape index (κ3) is 11.7. The van der Waals surface area contributed by atoms with Crippen molar-refractivity contribution in [3.05, 3.63) is 0 Å². The predicted molar refractivity (Wildman–Crippen MR) is 88.1 cm³/mol. The Balaban J connectivity index is 4.09. The van der Waals surface area contributed by atoms with E-state index in [-0.39, 0.29) is 6.61 Å². The number of carbonyl (C=O) groups excluding carboxylic acids is 2. The number of amides is 1. The van der Waals surface area contributed by atoms with Crippen LogP contribution in [0, 0.1) is 0 Å². The van der Waals surface area contributed by atoms with Gasteiger partial charge in [-0.25, -0.2) is 9.59 Å². The Morgan fingerprint density at radius 2 is 1.82 bits per heavy atom. The zero-order valence-corrected chi connectivity index (χ0v) is 14.8. The highest BCUT2D eigenvalue weighted by atomic mass is 32.2. The van der Waals surface area contributed by atoms with Gasteiger partial charge in [-0.15, -0.1) is 0 Å². The molecule has 0 rings (SSSR count). The summed E-state index contributed by atoms with van der Waals surface area (Å²) in [4.78, 5) is 23.4. The topological polar surface area (TPSA) is 84.9 Å². The number of hydrogen-bond acceptors (Lipinski definition) is 6. The van der Waals surface area contributed by atoms with Crippen molar-refractivity contribution in [1.29, 1.82) is 0 Å². The van der Waals surface area contributed by atoms with Gasteiger partial charge in [-0.05, 0) is 39.4 Å². The molecule has 0 aromatic rings. The highest BCUT2D eigenvalue weighted by Crippen LogP contribution is 2.11. The maximum atomic E-state index is 11.7. The van der Waals surface area contributed by atoms with E-state index in [1.165, 1.54) is 7.11 Å². The molecule has 0 aromatic carbocycles. The van der Waals surface area contributed by atoms with Gasteiger partial charge in [-0.2, -0.15) is 11.8 Å². The Hall–Kier alpha value is -0.950. The molecular formula is C15H29NO5S. The van der Waals surface area contributed by atoms with Crippen molar-refractivity contribution in [3.8, 4) is 0 Å². The summed E-state index contributed by atoms with van der Waals surface area (Å²) in [5, 5.41) is 11.2. The van der Waals surface area contributed by atoms with Crippen molar-refractivity contribution in [1.82, 2.24) is 5.32 Å². The number of alkyl carbamates (subject to hydrolysis) is 1. The number of carbonyl (C=O) groups is 2. The average molecular weight is 335 g/mol. The lowest BCUT2D eigenvalue weighted by Crippen LogP contribution is -2.45. The van der Waals surface area contributed by atoms with E-state index in [1.807, 2.05) is 0 Å². The minimum Gasteiger partial charge on any atom is -0.467 e. The number of nitrogens with one attached hydrogen (secondary N) is 1. The maximum Gasteiger partial charge on any atom is 0.408 e. The first-order valence-electron chi connectivity index (χ1n) is 7.56. The molecule has 0 saturated carbocycles. The number of hydrogen-bond donors (Lipinski definition) is 2. The van der Waals surface area contributed by atoms with Gasteiger partial charge in [0, 0.05) is 12.4 Å². The Morgan fingerprint density at radius 3 is 2.36 bits per heavy atom. The molecule has 22 heavy (non-hydrogen) atoms. The summed E-state index contributed by atoms with van der Waals surface area (Å²) < 4.78 is 9.85. The van der Waals surface area contributed by atoms with E-state index in [0.717, 1.165) is 31.4 Å². The maximum absolute atomic E-state index is 11.7. The molecule has 1 atom stereocenters. The molecule has 2 N–H and O–H groups in total. The van der Waals surface area contributed by atoms with Crippen LogP contribution in [-0.4, -0.2) is 54.0 Å². The number of aliphatic hydroxyl groups is 1. The van der Waals surface area contributed by atoms with E-state index < -0.39 is 23.7 Å². The quantitative estimate of drug-likeness (QED) is 0.471. The molecule has 0 fully saturated rings. The summed E-state index contributed by atoms with van der Waals surface area (Å²) in [7, 11) is 1.30. The van der Waals surface area contributed by atoms with Gasteiger partial charge in [0.15, 0.2) is 0 Å². The molecule has 0 heterocycles. The SMILES string of the molecule is COC(=O)[C@@H](CSCCCCCCO)NC(=O)OC(C)(C)C. The predicted octanol–water partition coefficient (Wildman–Crippen LogP) is 2.34. The van der Waals surface area contributed by atoms with Crippen LogP contribution in [0.25, 0.3) is 0 Å². The standard InChI is InChI=1S/C15H29NO5S/c1-15(2,3)21-14(19)16-12(13(18)20-4)11-22-10-8-6-5-7-9-17/h12,17H,5-11H2,1-4H3,(H,16,19)/t12-/m1/s1. The van der Waals surface area contributed by atoms with Crippen molar-refractivity contribution in [3.63, 3.8) is 0 Å². The highest BCUT2D eigenvalue weighted by molar-refractivity contribution is 7.99. The first-order chi connectivity index (χ1) is 10.3. The number of thioether (sulfide) groups is 1. The largest absolute Gasteiger partial charge is 0.467 e. The van der Waals surface area contributed by atoms with Crippen molar-refractivity contribution < 1.29 is 24.2 Å². The van der Waals surface area contributed by atoms with Gasteiger partial charge < -0.3 is 19.9 Å². The number of methoxy groups -OCH3 is 1. The molecule has 0 bridgehead atoms. The fraction of sp³-hybridized carbons (Fsp3) is 0.867. The van der Waals surface area contributed by atoms with E-state index in [1.54, 1.807) is 32.5 Å². The molecular weight excluding hydrogens is 306 g/mol. The second-order valence-corrected chi connectivity index (χ2v) is 7.08. The first-order valence-corrected chi connectivity index (χ1v) is 8.71. The molecule has 0 aliphatic carbocycles. The van der Waals surface area contributed by atoms with Crippen molar-refractivity contribution in [2.45, 2.75) is 58.1 Å². The Labute approximate surface area is 137 Å². The van der Waals surface area contributed by atoms with Crippen LogP contribution in [-0.2, 0) is 14.3 Å². The molecule has 1 amide bonds. The summed E-state index contributed by atoms with van der Waals surface area (Å²) >= 11 is 1.59. The third-order valence-electron chi connectivity index (χ3n) is 2.66. The molecule has 130 valence electrons. The lowest BCUT2D eigenvalue weighted by molar-refractivity contribution is -0.142. The minimum absolute atomic E-state index is 0.233. The van der Waals surface area contributed by atoms with E-state index in [9.17, 15) is 9.59 Å². The molecule has 0 saturated heterocycles. The number of rotatable bonds is 10. The molecule has 0 aliphatic rings. The number of esters is 1. The van der Waals surface area contributed by atoms with Crippen molar-refractivity contribution in [2.24, 2.45) is 0 Å². The summed E-state index contributed by atoms with van der Waals surface area (Å²) in [5.41, 5.74) is -0.607. The smallest absolute Gasteiger partial charge is 0.408 e. The summed E-state index contributed by atoms with van der Waals surface area (Å²) in [6, 6.07) is -0.706. The second kappa shape index (κ2) is 11.6. The van der Waals surface area contributed by atoms with Crippen LogP contribution in [0.2, 0.25) is 0 Å². The number of aliphatic hydroxyl groups excluding tert-OH is 1. The van der Waals surface area contributed by atoms with E-state index in [2.05, 4.69) is 5.32 Å². The van der Waals surface area contributed by atoms with Gasteiger partial charge in [0.25, 0.3) is 0 Å². The van der Waals surface area contributed by atoms with Crippen LogP contribution in [0.1, 0.15) is 46.5 Å². The van der Waals surface area contributed by atoms with Gasteiger partial charge in [-0.1, -0.05) is 12.8 Å². The summed E-state index contributed by atoms with van der Waals surface area (Å²) in [6.07, 6.45) is 3.29.